The number of azide groups is 1. The standard InChI is InChI=1S/C14H16N4O5/c1-22-12-10(16-17-15)7-18(14(20)21)11(12)13(19)23-8-9-5-3-2-4-6-9/h2-6,10-12H,7-8H2,1H3,(H,20,21)/t10-,11+,12+/m1/s1. The van der Waals surface area contributed by atoms with Gasteiger partial charge in [0.25, 0.3) is 0 Å². The van der Waals surface area contributed by atoms with E-state index in [1.807, 2.05) is 6.07 Å². The van der Waals surface area contributed by atoms with E-state index < -0.39 is 30.3 Å². The van der Waals surface area contributed by atoms with Crippen LogP contribution >= 0.6 is 0 Å². The van der Waals surface area contributed by atoms with Crippen molar-refractivity contribution in [1.82, 2.24) is 4.90 Å². The summed E-state index contributed by atoms with van der Waals surface area (Å²) in [6, 6.07) is 7.06. The zero-order valence-corrected chi connectivity index (χ0v) is 12.4. The predicted molar refractivity (Wildman–Crippen MR) is 78.5 cm³/mol. The van der Waals surface area contributed by atoms with Gasteiger partial charge in [0.2, 0.25) is 0 Å². The zero-order valence-electron chi connectivity index (χ0n) is 12.4. The Morgan fingerprint density at radius 2 is 2.13 bits per heavy atom. The SMILES string of the molecule is CO[C@@H]1[C@@H](C(=O)OCc2ccccc2)N(C(=O)O)C[C@H]1N=[N+]=[N-]. The molecule has 1 N–H and O–H groups in total. The molecule has 1 aliphatic heterocycles. The summed E-state index contributed by atoms with van der Waals surface area (Å²) in [5, 5.41) is 12.7. The van der Waals surface area contributed by atoms with Crippen molar-refractivity contribution >= 4 is 12.1 Å². The van der Waals surface area contributed by atoms with Crippen LogP contribution in [-0.2, 0) is 20.9 Å². The van der Waals surface area contributed by atoms with Gasteiger partial charge in [0.1, 0.15) is 6.61 Å². The zero-order chi connectivity index (χ0) is 16.8. The molecule has 0 unspecified atom stereocenters. The maximum absolute atomic E-state index is 12.3. The molecule has 122 valence electrons. The molecule has 0 bridgehead atoms. The van der Waals surface area contributed by atoms with E-state index in [1.165, 1.54) is 7.11 Å². The van der Waals surface area contributed by atoms with E-state index in [2.05, 4.69) is 10.0 Å². The lowest BCUT2D eigenvalue weighted by atomic mass is 10.1. The minimum absolute atomic E-state index is 0.0201. The van der Waals surface area contributed by atoms with Gasteiger partial charge in [-0.05, 0) is 11.1 Å². The average molecular weight is 320 g/mol. The summed E-state index contributed by atoms with van der Waals surface area (Å²) in [6.07, 6.45) is -2.19. The van der Waals surface area contributed by atoms with Gasteiger partial charge in [-0.1, -0.05) is 35.4 Å². The highest BCUT2D eigenvalue weighted by molar-refractivity contribution is 5.82. The Kier molecular flexibility index (Phi) is 5.40. The number of ether oxygens (including phenoxy) is 2. The summed E-state index contributed by atoms with van der Waals surface area (Å²) in [7, 11) is 1.33. The number of benzene rings is 1. The first-order valence-corrected chi connectivity index (χ1v) is 6.85. The van der Waals surface area contributed by atoms with Gasteiger partial charge in [-0.25, -0.2) is 9.59 Å². The monoisotopic (exact) mass is 320 g/mol. The molecule has 1 heterocycles. The van der Waals surface area contributed by atoms with Crippen LogP contribution in [0.4, 0.5) is 4.79 Å². The molecule has 1 saturated heterocycles. The van der Waals surface area contributed by atoms with Crippen LogP contribution in [0.25, 0.3) is 10.4 Å². The minimum atomic E-state index is -1.30. The number of hydrogen-bond donors (Lipinski definition) is 1. The fourth-order valence-electron chi connectivity index (χ4n) is 2.53. The van der Waals surface area contributed by atoms with Gasteiger partial charge in [0.15, 0.2) is 6.04 Å². The van der Waals surface area contributed by atoms with E-state index in [9.17, 15) is 14.7 Å². The van der Waals surface area contributed by atoms with Crippen molar-refractivity contribution in [1.29, 1.82) is 0 Å². The smallest absolute Gasteiger partial charge is 0.408 e. The highest BCUT2D eigenvalue weighted by Gasteiger charge is 2.49. The Balaban J connectivity index is 2.13. The van der Waals surface area contributed by atoms with Crippen LogP contribution in [0.5, 0.6) is 0 Å². The van der Waals surface area contributed by atoms with E-state index in [-0.39, 0.29) is 13.2 Å². The molecule has 1 fully saturated rings. The third-order valence-corrected chi connectivity index (χ3v) is 3.59. The Labute approximate surface area is 132 Å². The van der Waals surface area contributed by atoms with E-state index in [4.69, 9.17) is 15.0 Å². The molecule has 1 aliphatic rings. The van der Waals surface area contributed by atoms with Crippen molar-refractivity contribution in [2.75, 3.05) is 13.7 Å². The summed E-state index contributed by atoms with van der Waals surface area (Å²) in [4.78, 5) is 27.2. The lowest BCUT2D eigenvalue weighted by Crippen LogP contribution is -2.46. The fraction of sp³-hybridized carbons (Fsp3) is 0.429. The first-order valence-electron chi connectivity index (χ1n) is 6.85. The second-order valence-electron chi connectivity index (χ2n) is 4.95. The van der Waals surface area contributed by atoms with E-state index in [0.29, 0.717) is 0 Å². The van der Waals surface area contributed by atoms with Crippen LogP contribution < -0.4 is 0 Å². The molecule has 0 aromatic heterocycles. The van der Waals surface area contributed by atoms with Crippen LogP contribution in [0.2, 0.25) is 0 Å². The molecule has 9 nitrogen and oxygen atoms in total. The Morgan fingerprint density at radius 1 is 1.43 bits per heavy atom. The molecule has 23 heavy (non-hydrogen) atoms. The number of hydrogen-bond acceptors (Lipinski definition) is 5. The van der Waals surface area contributed by atoms with Crippen LogP contribution in [-0.4, -0.2) is 53.9 Å². The first kappa shape index (κ1) is 16.6. The Hall–Kier alpha value is -2.77. The summed E-state index contributed by atoms with van der Waals surface area (Å²) in [5.74, 6) is -0.737. The third kappa shape index (κ3) is 3.71. The third-order valence-electron chi connectivity index (χ3n) is 3.59. The molecular formula is C14H16N4O5. The number of esters is 1. The number of carboxylic acid groups (broad SMARTS) is 1. The second kappa shape index (κ2) is 7.48. The van der Waals surface area contributed by atoms with Crippen LogP contribution in [0.1, 0.15) is 5.56 Å². The van der Waals surface area contributed by atoms with Crippen molar-refractivity contribution in [2.45, 2.75) is 24.8 Å². The molecule has 0 saturated carbocycles. The summed E-state index contributed by atoms with van der Waals surface area (Å²) in [6.45, 7) is -0.102. The molecular weight excluding hydrogens is 304 g/mol. The molecule has 0 radical (unpaired) electrons. The van der Waals surface area contributed by atoms with Crippen molar-refractivity contribution in [3.05, 3.63) is 46.3 Å². The van der Waals surface area contributed by atoms with E-state index in [1.54, 1.807) is 24.3 Å². The quantitative estimate of drug-likeness (QED) is 0.383. The maximum atomic E-state index is 12.3. The number of carbonyl (C=O) groups is 2. The Morgan fingerprint density at radius 3 is 2.70 bits per heavy atom. The fourth-order valence-corrected chi connectivity index (χ4v) is 2.53. The molecule has 9 heteroatoms. The predicted octanol–water partition coefficient (Wildman–Crippen LogP) is 1.79. The summed E-state index contributed by atoms with van der Waals surface area (Å²) >= 11 is 0. The molecule has 0 spiro atoms. The number of rotatable bonds is 5. The van der Waals surface area contributed by atoms with Gasteiger partial charge in [0.05, 0.1) is 12.1 Å². The van der Waals surface area contributed by atoms with Gasteiger partial charge in [-0.2, -0.15) is 0 Å². The van der Waals surface area contributed by atoms with E-state index >= 15 is 0 Å². The lowest BCUT2D eigenvalue weighted by molar-refractivity contribution is -0.153. The average Bonchev–Trinajstić information content (AvgIpc) is 2.92. The van der Waals surface area contributed by atoms with Crippen molar-refractivity contribution in [2.24, 2.45) is 5.11 Å². The van der Waals surface area contributed by atoms with Gasteiger partial charge in [0, 0.05) is 18.6 Å². The molecule has 2 rings (SSSR count). The van der Waals surface area contributed by atoms with Gasteiger partial charge in [-0.3, -0.25) is 4.90 Å². The number of carbonyl (C=O) groups excluding carboxylic acids is 1. The van der Waals surface area contributed by atoms with Crippen LogP contribution in [0.15, 0.2) is 35.4 Å². The topological polar surface area (TPSA) is 125 Å². The van der Waals surface area contributed by atoms with Crippen LogP contribution in [0.3, 0.4) is 0 Å². The second-order valence-corrected chi connectivity index (χ2v) is 4.95. The van der Waals surface area contributed by atoms with Crippen molar-refractivity contribution < 1.29 is 24.2 Å². The van der Waals surface area contributed by atoms with Crippen molar-refractivity contribution in [3.63, 3.8) is 0 Å². The summed E-state index contributed by atoms with van der Waals surface area (Å²) in [5.41, 5.74) is 9.34. The number of likely N-dealkylation sites (tertiary alicyclic amines) is 1. The lowest BCUT2D eigenvalue weighted by Gasteiger charge is -2.23. The maximum Gasteiger partial charge on any atom is 0.408 e. The van der Waals surface area contributed by atoms with Gasteiger partial charge < -0.3 is 14.6 Å². The normalized spacial score (nSPS) is 23.2. The number of amides is 1. The molecule has 0 aliphatic carbocycles. The molecule has 1 aromatic rings. The summed E-state index contributed by atoms with van der Waals surface area (Å²) < 4.78 is 10.4. The number of nitrogens with zero attached hydrogens (tertiary/aromatic N) is 4. The first-order chi connectivity index (χ1) is 11.1. The van der Waals surface area contributed by atoms with Crippen LogP contribution in [0, 0.1) is 0 Å². The highest BCUT2D eigenvalue weighted by atomic mass is 16.5. The molecule has 1 amide bonds. The Bertz CT molecular complexity index is 617. The van der Waals surface area contributed by atoms with E-state index in [0.717, 1.165) is 10.5 Å². The van der Waals surface area contributed by atoms with Crippen molar-refractivity contribution in [3.8, 4) is 0 Å². The largest absolute Gasteiger partial charge is 0.465 e. The highest BCUT2D eigenvalue weighted by Crippen LogP contribution is 2.25. The van der Waals surface area contributed by atoms with Gasteiger partial charge >= 0.3 is 12.1 Å². The number of methoxy groups -OCH3 is 1. The van der Waals surface area contributed by atoms with Gasteiger partial charge in [-0.15, -0.1) is 0 Å². The minimum Gasteiger partial charge on any atom is -0.465 e. The molecule has 1 aromatic carbocycles. The molecule has 3 atom stereocenters.